The van der Waals surface area contributed by atoms with Gasteiger partial charge in [0.05, 0.1) is 11.4 Å². The minimum atomic E-state index is -0.0383. The number of rotatable bonds is 4. The Kier molecular flexibility index (Phi) is 5.35. The van der Waals surface area contributed by atoms with Crippen molar-refractivity contribution < 1.29 is 5.11 Å². The Balaban J connectivity index is 1.26. The van der Waals surface area contributed by atoms with Crippen molar-refractivity contribution in [2.75, 3.05) is 11.5 Å². The lowest BCUT2D eigenvalue weighted by molar-refractivity contribution is 0.236. The molecule has 0 amide bonds. The molecule has 0 saturated heterocycles. The Morgan fingerprint density at radius 1 is 0.774 bits per heavy atom. The molecule has 3 aliphatic rings. The minimum Gasteiger partial charge on any atom is -0.504 e. The first-order valence-electron chi connectivity index (χ1n) is 11.6. The third-order valence-electron chi connectivity index (χ3n) is 7.63. The largest absolute Gasteiger partial charge is 0.504 e. The van der Waals surface area contributed by atoms with E-state index in [1.807, 2.05) is 0 Å². The number of nitrogens with two attached hydrogens (primary N) is 2. The number of aromatic hydroxyl groups is 1. The highest BCUT2D eigenvalue weighted by Gasteiger charge is 2.29. The summed E-state index contributed by atoms with van der Waals surface area (Å²) >= 11 is 0. The van der Waals surface area contributed by atoms with Crippen LogP contribution in [0.1, 0.15) is 50.5 Å². The van der Waals surface area contributed by atoms with Gasteiger partial charge < -0.3 is 16.6 Å². The first kappa shape index (κ1) is 20.0. The van der Waals surface area contributed by atoms with E-state index in [2.05, 4.69) is 48.6 Å². The van der Waals surface area contributed by atoms with Crippen LogP contribution in [-0.4, -0.2) is 5.11 Å². The molecule has 5 N–H and O–H groups in total. The second kappa shape index (κ2) is 8.30. The predicted octanol–water partition coefficient (Wildman–Crippen LogP) is 6.71. The second-order valence-electron chi connectivity index (χ2n) is 9.45. The monoisotopic (exact) mass is 412 g/mol. The fraction of sp³-hybridized carbons (Fsp3) is 0.357. The summed E-state index contributed by atoms with van der Waals surface area (Å²) in [6.45, 7) is 0. The molecule has 0 radical (unpaired) electrons. The van der Waals surface area contributed by atoms with Gasteiger partial charge in [-0.3, -0.25) is 0 Å². The zero-order chi connectivity index (χ0) is 21.4. The molecule has 0 bridgehead atoms. The SMILES string of the molecule is Nc1cc(-c2ccc(C3=CC=C(C4CCC(C5C=CC5)CC4)CC3)cc2)cc(N)c1O. The van der Waals surface area contributed by atoms with E-state index in [9.17, 15) is 5.11 Å². The van der Waals surface area contributed by atoms with Gasteiger partial charge in [-0.05, 0) is 97.1 Å². The molecule has 1 saturated carbocycles. The first-order chi connectivity index (χ1) is 15.1. The molecule has 160 valence electrons. The average Bonchev–Trinajstić information content (AvgIpc) is 2.77. The van der Waals surface area contributed by atoms with Gasteiger partial charge in [0.25, 0.3) is 0 Å². The van der Waals surface area contributed by atoms with Crippen molar-refractivity contribution >= 4 is 16.9 Å². The van der Waals surface area contributed by atoms with Crippen LogP contribution in [0.3, 0.4) is 0 Å². The molecule has 0 spiro atoms. The zero-order valence-corrected chi connectivity index (χ0v) is 18.1. The third-order valence-corrected chi connectivity index (χ3v) is 7.63. The van der Waals surface area contributed by atoms with Crippen molar-refractivity contribution in [2.24, 2.45) is 17.8 Å². The summed E-state index contributed by atoms with van der Waals surface area (Å²) in [7, 11) is 0. The smallest absolute Gasteiger partial charge is 0.161 e. The van der Waals surface area contributed by atoms with E-state index in [0.29, 0.717) is 11.4 Å². The summed E-state index contributed by atoms with van der Waals surface area (Å²) in [5, 5.41) is 9.79. The lowest BCUT2D eigenvalue weighted by atomic mass is 9.69. The van der Waals surface area contributed by atoms with Gasteiger partial charge in [0.15, 0.2) is 5.75 Å². The van der Waals surface area contributed by atoms with Crippen molar-refractivity contribution in [1.82, 2.24) is 0 Å². The van der Waals surface area contributed by atoms with Gasteiger partial charge in [-0.15, -0.1) is 0 Å². The summed E-state index contributed by atoms with van der Waals surface area (Å²) in [5.41, 5.74) is 18.7. The number of hydrogen-bond donors (Lipinski definition) is 3. The van der Waals surface area contributed by atoms with Gasteiger partial charge in [0, 0.05) is 0 Å². The number of phenolic OH excluding ortho intramolecular Hbond substituents is 1. The van der Waals surface area contributed by atoms with E-state index in [0.717, 1.165) is 35.3 Å². The molecular weight excluding hydrogens is 380 g/mol. The summed E-state index contributed by atoms with van der Waals surface area (Å²) in [6.07, 6.45) is 18.7. The van der Waals surface area contributed by atoms with Gasteiger partial charge in [-0.1, -0.05) is 54.1 Å². The van der Waals surface area contributed by atoms with Gasteiger partial charge in [0.2, 0.25) is 0 Å². The van der Waals surface area contributed by atoms with Crippen LogP contribution in [0.25, 0.3) is 16.7 Å². The summed E-state index contributed by atoms with van der Waals surface area (Å²) in [4.78, 5) is 0. The lowest BCUT2D eigenvalue weighted by Crippen LogP contribution is -2.24. The maximum Gasteiger partial charge on any atom is 0.161 e. The standard InChI is InChI=1S/C28H32N2O/c29-26-16-25(17-27(30)28(26)31)24-14-12-23(13-15-24)22-10-8-21(9-11-22)20-6-4-19(5-7-20)18-2-1-3-18/h1-2,8,10,12-20,31H,3-7,9,11,29-30H2. The predicted molar refractivity (Wildman–Crippen MR) is 130 cm³/mol. The number of phenols is 1. The Hall–Kier alpha value is -2.94. The number of benzene rings is 2. The highest BCUT2D eigenvalue weighted by molar-refractivity contribution is 5.79. The van der Waals surface area contributed by atoms with Gasteiger partial charge >= 0.3 is 0 Å². The van der Waals surface area contributed by atoms with Crippen LogP contribution in [0, 0.1) is 17.8 Å². The molecule has 1 fully saturated rings. The molecule has 2 aromatic rings. The van der Waals surface area contributed by atoms with Crippen LogP contribution in [0.4, 0.5) is 11.4 Å². The molecule has 5 rings (SSSR count). The van der Waals surface area contributed by atoms with Gasteiger partial charge in [-0.25, -0.2) is 0 Å². The number of anilines is 2. The van der Waals surface area contributed by atoms with Crippen LogP contribution in [0.15, 0.2) is 66.3 Å². The highest BCUT2D eigenvalue weighted by Crippen LogP contribution is 2.43. The van der Waals surface area contributed by atoms with Crippen LogP contribution < -0.4 is 11.5 Å². The Morgan fingerprint density at radius 2 is 1.42 bits per heavy atom. The fourth-order valence-corrected chi connectivity index (χ4v) is 5.52. The van der Waals surface area contributed by atoms with Crippen LogP contribution in [0.2, 0.25) is 0 Å². The molecule has 1 atom stereocenters. The van der Waals surface area contributed by atoms with E-state index in [1.165, 1.54) is 49.7 Å². The highest BCUT2D eigenvalue weighted by atomic mass is 16.3. The minimum absolute atomic E-state index is 0.0383. The van der Waals surface area contributed by atoms with Crippen LogP contribution in [0.5, 0.6) is 5.75 Å². The van der Waals surface area contributed by atoms with Crippen molar-refractivity contribution in [3.05, 3.63) is 71.8 Å². The summed E-state index contributed by atoms with van der Waals surface area (Å²) < 4.78 is 0. The molecule has 0 heterocycles. The molecule has 31 heavy (non-hydrogen) atoms. The van der Waals surface area contributed by atoms with Crippen molar-refractivity contribution in [3.8, 4) is 16.9 Å². The Labute approximate surface area is 185 Å². The molecule has 0 aromatic heterocycles. The average molecular weight is 413 g/mol. The topological polar surface area (TPSA) is 72.3 Å². The second-order valence-corrected chi connectivity index (χ2v) is 9.45. The van der Waals surface area contributed by atoms with E-state index < -0.39 is 0 Å². The van der Waals surface area contributed by atoms with Gasteiger partial charge in [-0.2, -0.15) is 0 Å². The summed E-state index contributed by atoms with van der Waals surface area (Å²) in [6, 6.07) is 12.1. The van der Waals surface area contributed by atoms with Crippen molar-refractivity contribution in [3.63, 3.8) is 0 Å². The number of allylic oxidation sites excluding steroid dienone is 6. The van der Waals surface area contributed by atoms with E-state index in [-0.39, 0.29) is 5.75 Å². The van der Waals surface area contributed by atoms with E-state index in [1.54, 1.807) is 17.7 Å². The van der Waals surface area contributed by atoms with Crippen LogP contribution >= 0.6 is 0 Å². The number of hydrogen-bond acceptors (Lipinski definition) is 3. The quantitative estimate of drug-likeness (QED) is 0.297. The third kappa shape index (κ3) is 4.01. The summed E-state index contributed by atoms with van der Waals surface area (Å²) in [5.74, 6) is 2.58. The maximum absolute atomic E-state index is 9.79. The van der Waals surface area contributed by atoms with E-state index >= 15 is 0 Å². The van der Waals surface area contributed by atoms with E-state index in [4.69, 9.17) is 11.5 Å². The van der Waals surface area contributed by atoms with Crippen molar-refractivity contribution in [2.45, 2.75) is 44.9 Å². The molecule has 3 nitrogen and oxygen atoms in total. The van der Waals surface area contributed by atoms with Gasteiger partial charge in [0.1, 0.15) is 0 Å². The molecule has 3 aliphatic carbocycles. The molecule has 0 aliphatic heterocycles. The lowest BCUT2D eigenvalue weighted by Gasteiger charge is -2.36. The van der Waals surface area contributed by atoms with Crippen LogP contribution in [-0.2, 0) is 0 Å². The fourth-order valence-electron chi connectivity index (χ4n) is 5.52. The molecular formula is C28H32N2O. The zero-order valence-electron chi connectivity index (χ0n) is 18.1. The molecule has 3 heteroatoms. The normalized spacial score (nSPS) is 25.5. The Bertz CT molecular complexity index is 1030. The molecule has 2 aromatic carbocycles. The van der Waals surface area contributed by atoms with Crippen molar-refractivity contribution in [1.29, 1.82) is 0 Å². The Morgan fingerprint density at radius 3 is 1.97 bits per heavy atom. The first-order valence-corrected chi connectivity index (χ1v) is 11.6. The maximum atomic E-state index is 9.79. The number of nitrogen functional groups attached to an aromatic ring is 2. The molecule has 1 unspecified atom stereocenters.